The highest BCUT2D eigenvalue weighted by molar-refractivity contribution is 5.94. The fraction of sp³-hybridized carbons (Fsp3) is 0.500. The number of hydrogen-bond acceptors (Lipinski definition) is 4. The number of likely N-dealkylation sites (N-methyl/N-ethyl adjacent to an activating group) is 1. The zero-order chi connectivity index (χ0) is 13.1. The predicted octanol–water partition coefficient (Wildman–Crippen LogP) is 0.734. The van der Waals surface area contributed by atoms with Gasteiger partial charge in [-0.3, -0.25) is 4.79 Å². The molecule has 5 heteroatoms. The third-order valence-corrected chi connectivity index (χ3v) is 2.94. The van der Waals surface area contributed by atoms with Crippen molar-refractivity contribution in [2.45, 2.75) is 19.4 Å². The fourth-order valence-corrected chi connectivity index (χ4v) is 1.15. The number of pyridine rings is 1. The quantitative estimate of drug-likeness (QED) is 0.808. The summed E-state index contributed by atoms with van der Waals surface area (Å²) in [5, 5.41) is 2.88. The summed E-state index contributed by atoms with van der Waals surface area (Å²) in [7, 11) is 3.97. The van der Waals surface area contributed by atoms with Crippen molar-refractivity contribution >= 4 is 11.7 Å². The minimum Gasteiger partial charge on any atom is -0.384 e. The number of carbonyl (C=O) groups is 1. The maximum absolute atomic E-state index is 11.9. The van der Waals surface area contributed by atoms with Crippen LogP contribution in [0.25, 0.3) is 0 Å². The van der Waals surface area contributed by atoms with Crippen molar-refractivity contribution in [3.05, 3.63) is 23.9 Å². The molecule has 0 aliphatic rings. The van der Waals surface area contributed by atoms with Crippen LogP contribution in [-0.4, -0.2) is 42.0 Å². The molecule has 1 aromatic heterocycles. The average molecular weight is 236 g/mol. The van der Waals surface area contributed by atoms with E-state index in [2.05, 4.69) is 29.0 Å². The lowest BCUT2D eigenvalue weighted by molar-refractivity contribution is 0.0919. The summed E-state index contributed by atoms with van der Waals surface area (Å²) in [5.74, 6) is 0.221. The summed E-state index contributed by atoms with van der Waals surface area (Å²) >= 11 is 0. The van der Waals surface area contributed by atoms with E-state index in [-0.39, 0.29) is 11.4 Å². The van der Waals surface area contributed by atoms with Crippen LogP contribution >= 0.6 is 0 Å². The molecule has 1 rings (SSSR count). The van der Waals surface area contributed by atoms with Crippen LogP contribution in [-0.2, 0) is 0 Å². The van der Waals surface area contributed by atoms with Gasteiger partial charge in [0.2, 0.25) is 0 Å². The van der Waals surface area contributed by atoms with Gasteiger partial charge in [0.1, 0.15) is 5.82 Å². The first-order valence-corrected chi connectivity index (χ1v) is 5.50. The lowest BCUT2D eigenvalue weighted by Crippen LogP contribution is -2.48. The minimum atomic E-state index is -0.131. The molecular formula is C12H20N4O. The van der Waals surface area contributed by atoms with Crippen LogP contribution in [0.1, 0.15) is 24.2 Å². The van der Waals surface area contributed by atoms with Gasteiger partial charge in [0.05, 0.1) is 0 Å². The Hall–Kier alpha value is -1.62. The van der Waals surface area contributed by atoms with Gasteiger partial charge in [-0.2, -0.15) is 0 Å². The number of nitrogens with one attached hydrogen (secondary N) is 1. The molecule has 0 bridgehead atoms. The third kappa shape index (κ3) is 3.71. The van der Waals surface area contributed by atoms with Crippen LogP contribution in [0, 0.1) is 0 Å². The molecule has 1 aromatic rings. The number of nitrogen functional groups attached to an aromatic ring is 1. The van der Waals surface area contributed by atoms with Gasteiger partial charge in [0.15, 0.2) is 0 Å². The molecule has 1 heterocycles. The molecule has 0 aliphatic heterocycles. The van der Waals surface area contributed by atoms with Gasteiger partial charge in [-0.15, -0.1) is 0 Å². The maximum atomic E-state index is 11.9. The lowest BCUT2D eigenvalue weighted by atomic mass is 10.0. The first kappa shape index (κ1) is 13.4. The Balaban J connectivity index is 2.62. The van der Waals surface area contributed by atoms with Crippen molar-refractivity contribution in [3.8, 4) is 0 Å². The van der Waals surface area contributed by atoms with E-state index in [1.807, 2.05) is 14.1 Å². The van der Waals surface area contributed by atoms with Crippen LogP contribution in [0.2, 0.25) is 0 Å². The van der Waals surface area contributed by atoms with E-state index in [1.165, 1.54) is 6.20 Å². The molecule has 0 radical (unpaired) electrons. The number of rotatable bonds is 4. The number of nitrogens with two attached hydrogens (primary N) is 1. The van der Waals surface area contributed by atoms with Crippen molar-refractivity contribution in [1.29, 1.82) is 0 Å². The Bertz CT molecular complexity index is 401. The fourth-order valence-electron chi connectivity index (χ4n) is 1.15. The zero-order valence-electron chi connectivity index (χ0n) is 10.8. The van der Waals surface area contributed by atoms with E-state index >= 15 is 0 Å². The minimum absolute atomic E-state index is 0.0891. The normalized spacial score (nSPS) is 11.6. The second-order valence-electron chi connectivity index (χ2n) is 4.86. The van der Waals surface area contributed by atoms with Crippen LogP contribution in [0.3, 0.4) is 0 Å². The van der Waals surface area contributed by atoms with Crippen molar-refractivity contribution in [2.75, 3.05) is 26.4 Å². The van der Waals surface area contributed by atoms with Gasteiger partial charge in [0, 0.05) is 23.8 Å². The van der Waals surface area contributed by atoms with Crippen LogP contribution in [0.4, 0.5) is 5.82 Å². The van der Waals surface area contributed by atoms with Gasteiger partial charge in [0.25, 0.3) is 5.91 Å². The second-order valence-corrected chi connectivity index (χ2v) is 4.86. The van der Waals surface area contributed by atoms with E-state index in [4.69, 9.17) is 5.73 Å². The van der Waals surface area contributed by atoms with Crippen LogP contribution < -0.4 is 11.1 Å². The summed E-state index contributed by atoms with van der Waals surface area (Å²) in [6.07, 6.45) is 1.53. The average Bonchev–Trinajstić information content (AvgIpc) is 2.25. The van der Waals surface area contributed by atoms with Crippen LogP contribution in [0.15, 0.2) is 18.3 Å². The van der Waals surface area contributed by atoms with Gasteiger partial charge in [-0.05, 0) is 40.1 Å². The molecule has 0 atom stereocenters. The molecule has 0 spiro atoms. The standard InChI is InChI=1S/C12H20N4O/c1-12(2,16(3)4)8-15-11(17)9-5-6-14-10(13)7-9/h5-7H,8H2,1-4H3,(H2,13,14)(H,15,17). The zero-order valence-corrected chi connectivity index (χ0v) is 10.8. The predicted molar refractivity (Wildman–Crippen MR) is 68.7 cm³/mol. The Morgan fingerprint density at radius 3 is 2.71 bits per heavy atom. The second kappa shape index (κ2) is 5.14. The topological polar surface area (TPSA) is 71.2 Å². The van der Waals surface area contributed by atoms with Gasteiger partial charge < -0.3 is 16.0 Å². The lowest BCUT2D eigenvalue weighted by Gasteiger charge is -2.32. The number of anilines is 1. The molecule has 3 N–H and O–H groups in total. The van der Waals surface area contributed by atoms with E-state index in [0.29, 0.717) is 17.9 Å². The van der Waals surface area contributed by atoms with E-state index in [9.17, 15) is 4.79 Å². The molecule has 0 aromatic carbocycles. The number of hydrogen-bond donors (Lipinski definition) is 2. The number of carbonyl (C=O) groups excluding carboxylic acids is 1. The van der Waals surface area contributed by atoms with E-state index < -0.39 is 0 Å². The summed E-state index contributed by atoms with van der Waals surface area (Å²) in [4.78, 5) is 17.8. The Morgan fingerprint density at radius 2 is 2.18 bits per heavy atom. The molecule has 0 saturated heterocycles. The Kier molecular flexibility index (Phi) is 4.07. The maximum Gasteiger partial charge on any atom is 0.251 e. The third-order valence-electron chi connectivity index (χ3n) is 2.94. The molecule has 0 unspecified atom stereocenters. The molecule has 94 valence electrons. The van der Waals surface area contributed by atoms with E-state index in [0.717, 1.165) is 0 Å². The number of aromatic nitrogens is 1. The monoisotopic (exact) mass is 236 g/mol. The van der Waals surface area contributed by atoms with Crippen molar-refractivity contribution in [1.82, 2.24) is 15.2 Å². The number of nitrogens with zero attached hydrogens (tertiary/aromatic N) is 2. The van der Waals surface area contributed by atoms with Crippen molar-refractivity contribution in [2.24, 2.45) is 0 Å². The molecule has 0 saturated carbocycles. The highest BCUT2D eigenvalue weighted by Crippen LogP contribution is 2.09. The van der Waals surface area contributed by atoms with Crippen molar-refractivity contribution < 1.29 is 4.79 Å². The molecular weight excluding hydrogens is 216 g/mol. The number of amides is 1. The summed E-state index contributed by atoms with van der Waals surface area (Å²) < 4.78 is 0. The SMILES string of the molecule is CN(C)C(C)(C)CNC(=O)c1ccnc(N)c1. The smallest absolute Gasteiger partial charge is 0.251 e. The largest absolute Gasteiger partial charge is 0.384 e. The summed E-state index contributed by atoms with van der Waals surface area (Å²) in [6, 6.07) is 3.21. The first-order chi connectivity index (χ1) is 7.83. The highest BCUT2D eigenvalue weighted by Gasteiger charge is 2.21. The Morgan fingerprint density at radius 1 is 1.53 bits per heavy atom. The molecule has 0 aliphatic carbocycles. The summed E-state index contributed by atoms with van der Waals surface area (Å²) in [6.45, 7) is 4.70. The molecule has 5 nitrogen and oxygen atoms in total. The van der Waals surface area contributed by atoms with Gasteiger partial charge in [-0.25, -0.2) is 4.98 Å². The van der Waals surface area contributed by atoms with E-state index in [1.54, 1.807) is 12.1 Å². The summed E-state index contributed by atoms with van der Waals surface area (Å²) in [5.41, 5.74) is 5.97. The first-order valence-electron chi connectivity index (χ1n) is 5.50. The van der Waals surface area contributed by atoms with Gasteiger partial charge >= 0.3 is 0 Å². The highest BCUT2D eigenvalue weighted by atomic mass is 16.1. The molecule has 1 amide bonds. The molecule has 0 fully saturated rings. The molecule has 17 heavy (non-hydrogen) atoms. The Labute approximate surface area is 102 Å². The van der Waals surface area contributed by atoms with Crippen LogP contribution in [0.5, 0.6) is 0 Å². The van der Waals surface area contributed by atoms with Gasteiger partial charge in [-0.1, -0.05) is 0 Å². The van der Waals surface area contributed by atoms with Crippen molar-refractivity contribution in [3.63, 3.8) is 0 Å².